The molecule has 0 unspecified atom stereocenters. The normalized spacial score (nSPS) is 18.1. The maximum absolute atomic E-state index is 5.89. The first-order valence-corrected chi connectivity index (χ1v) is 10.3. The van der Waals surface area contributed by atoms with Gasteiger partial charge >= 0.3 is 0 Å². The van der Waals surface area contributed by atoms with E-state index in [1.807, 2.05) is 0 Å². The van der Waals surface area contributed by atoms with Crippen LogP contribution in [0.1, 0.15) is 31.2 Å². The lowest BCUT2D eigenvalue weighted by atomic mass is 10.1. The van der Waals surface area contributed by atoms with Crippen LogP contribution in [0.5, 0.6) is 5.75 Å². The number of hydrogen-bond acceptors (Lipinski definition) is 5. The summed E-state index contributed by atoms with van der Waals surface area (Å²) >= 11 is 0. The highest BCUT2D eigenvalue weighted by Gasteiger charge is 2.10. The van der Waals surface area contributed by atoms with Crippen molar-refractivity contribution in [3.8, 4) is 5.75 Å². The van der Waals surface area contributed by atoms with Gasteiger partial charge in [-0.25, -0.2) is 0 Å². The number of piperidine rings is 1. The largest absolute Gasteiger partial charge is 0.494 e. The Morgan fingerprint density at radius 1 is 0.857 bits per heavy atom. The van der Waals surface area contributed by atoms with Crippen LogP contribution in [-0.4, -0.2) is 75.4 Å². The number of hydrogen-bond donors (Lipinski definition) is 1. The second-order valence-corrected chi connectivity index (χ2v) is 7.38. The van der Waals surface area contributed by atoms with Crippen molar-refractivity contribution in [3.05, 3.63) is 29.8 Å². The minimum Gasteiger partial charge on any atom is -0.494 e. The number of halogens is 2. The summed E-state index contributed by atoms with van der Waals surface area (Å²) in [4.78, 5) is 5.02. The summed E-state index contributed by atoms with van der Waals surface area (Å²) in [6.07, 6.45) is 5.25. The average molecular weight is 434 g/mol. The second kappa shape index (κ2) is 15.3. The van der Waals surface area contributed by atoms with E-state index >= 15 is 0 Å². The molecule has 1 aromatic rings. The first-order valence-electron chi connectivity index (χ1n) is 10.3. The minimum atomic E-state index is 0. The SMILES string of the molecule is Cl.Cl.c1cc(OCCCN2CCCCC2)ccc1CNCCN1CCOCC1. The van der Waals surface area contributed by atoms with E-state index in [4.69, 9.17) is 9.47 Å². The number of nitrogens with zero attached hydrogens (tertiary/aromatic N) is 2. The third-order valence-corrected chi connectivity index (χ3v) is 5.30. The highest BCUT2D eigenvalue weighted by molar-refractivity contribution is 5.85. The Morgan fingerprint density at radius 2 is 1.54 bits per heavy atom. The number of benzene rings is 1. The third kappa shape index (κ3) is 9.77. The van der Waals surface area contributed by atoms with Crippen molar-refractivity contribution in [2.45, 2.75) is 32.2 Å². The van der Waals surface area contributed by atoms with Crippen molar-refractivity contribution in [2.75, 3.05) is 65.6 Å². The van der Waals surface area contributed by atoms with Gasteiger partial charge in [-0.05, 0) is 50.0 Å². The molecule has 162 valence electrons. The summed E-state index contributed by atoms with van der Waals surface area (Å²) in [6, 6.07) is 8.53. The number of nitrogens with one attached hydrogen (secondary N) is 1. The van der Waals surface area contributed by atoms with Gasteiger partial charge in [0.05, 0.1) is 19.8 Å². The predicted molar refractivity (Wildman–Crippen MR) is 120 cm³/mol. The molecule has 2 fully saturated rings. The van der Waals surface area contributed by atoms with Crippen LogP contribution in [0, 0.1) is 0 Å². The molecule has 0 atom stereocenters. The van der Waals surface area contributed by atoms with Crippen LogP contribution in [0.4, 0.5) is 0 Å². The van der Waals surface area contributed by atoms with E-state index in [9.17, 15) is 0 Å². The van der Waals surface area contributed by atoms with Gasteiger partial charge in [-0.15, -0.1) is 24.8 Å². The lowest BCUT2D eigenvalue weighted by Crippen LogP contribution is -2.40. The van der Waals surface area contributed by atoms with E-state index in [1.54, 1.807) is 0 Å². The fraction of sp³-hybridized carbons (Fsp3) is 0.714. The Morgan fingerprint density at radius 3 is 2.25 bits per heavy atom. The maximum Gasteiger partial charge on any atom is 0.119 e. The molecular formula is C21H37Cl2N3O2. The molecule has 1 N–H and O–H groups in total. The van der Waals surface area contributed by atoms with Gasteiger partial charge < -0.3 is 19.7 Å². The zero-order valence-electron chi connectivity index (χ0n) is 16.9. The van der Waals surface area contributed by atoms with E-state index in [0.717, 1.165) is 64.7 Å². The topological polar surface area (TPSA) is 37.0 Å². The molecular weight excluding hydrogens is 397 g/mol. The highest BCUT2D eigenvalue weighted by atomic mass is 35.5. The van der Waals surface area contributed by atoms with Crippen molar-refractivity contribution in [3.63, 3.8) is 0 Å². The van der Waals surface area contributed by atoms with Crippen LogP contribution < -0.4 is 10.1 Å². The number of likely N-dealkylation sites (tertiary alicyclic amines) is 1. The third-order valence-electron chi connectivity index (χ3n) is 5.30. The molecule has 2 aliphatic rings. The first-order chi connectivity index (χ1) is 12.9. The lowest BCUT2D eigenvalue weighted by molar-refractivity contribution is 0.0384. The van der Waals surface area contributed by atoms with Crippen molar-refractivity contribution in [2.24, 2.45) is 0 Å². The molecule has 2 saturated heterocycles. The molecule has 1 aromatic carbocycles. The number of morpholine rings is 1. The van der Waals surface area contributed by atoms with Gasteiger partial charge in [0.25, 0.3) is 0 Å². The molecule has 0 aliphatic carbocycles. The number of rotatable bonds is 10. The van der Waals surface area contributed by atoms with E-state index in [-0.39, 0.29) is 24.8 Å². The molecule has 0 amide bonds. The average Bonchev–Trinajstić information content (AvgIpc) is 2.71. The van der Waals surface area contributed by atoms with Crippen molar-refractivity contribution >= 4 is 24.8 Å². The molecule has 28 heavy (non-hydrogen) atoms. The van der Waals surface area contributed by atoms with Crippen molar-refractivity contribution in [1.82, 2.24) is 15.1 Å². The lowest BCUT2D eigenvalue weighted by Gasteiger charge is -2.26. The Bertz CT molecular complexity index is 448. The van der Waals surface area contributed by atoms with E-state index < -0.39 is 0 Å². The Kier molecular flexibility index (Phi) is 13.9. The summed E-state index contributed by atoms with van der Waals surface area (Å²) < 4.78 is 11.3. The van der Waals surface area contributed by atoms with Gasteiger partial charge in [-0.2, -0.15) is 0 Å². The quantitative estimate of drug-likeness (QED) is 0.573. The molecule has 7 heteroatoms. The molecule has 5 nitrogen and oxygen atoms in total. The fourth-order valence-electron chi connectivity index (χ4n) is 3.66. The Balaban J connectivity index is 0.00000196. The molecule has 2 heterocycles. The van der Waals surface area contributed by atoms with Crippen LogP contribution in [-0.2, 0) is 11.3 Å². The molecule has 0 radical (unpaired) electrons. The summed E-state index contributed by atoms with van der Waals surface area (Å²) in [6.45, 7) is 11.4. The van der Waals surface area contributed by atoms with E-state index in [2.05, 4.69) is 39.4 Å². The maximum atomic E-state index is 5.89. The Hall–Kier alpha value is -0.560. The first kappa shape index (κ1) is 25.5. The second-order valence-electron chi connectivity index (χ2n) is 7.38. The molecule has 0 aromatic heterocycles. The molecule has 3 rings (SSSR count). The van der Waals surface area contributed by atoms with Crippen molar-refractivity contribution in [1.29, 1.82) is 0 Å². The molecule has 0 spiro atoms. The summed E-state index contributed by atoms with van der Waals surface area (Å²) in [7, 11) is 0. The summed E-state index contributed by atoms with van der Waals surface area (Å²) in [5, 5.41) is 3.53. The standard InChI is InChI=1S/C21H35N3O2.2ClH/c1-2-10-23(11-3-1)12-4-16-26-21-7-5-20(6-8-21)19-22-9-13-24-14-17-25-18-15-24;;/h5-8,22H,1-4,9-19H2;2*1H. The Labute approximate surface area is 182 Å². The molecule has 2 aliphatic heterocycles. The minimum absolute atomic E-state index is 0. The monoisotopic (exact) mass is 433 g/mol. The van der Waals surface area contributed by atoms with Gasteiger partial charge in [0.2, 0.25) is 0 Å². The van der Waals surface area contributed by atoms with Gasteiger partial charge in [0, 0.05) is 39.3 Å². The molecule has 0 bridgehead atoms. The van der Waals surface area contributed by atoms with Crippen LogP contribution in [0.15, 0.2) is 24.3 Å². The van der Waals surface area contributed by atoms with Crippen LogP contribution in [0.25, 0.3) is 0 Å². The highest BCUT2D eigenvalue weighted by Crippen LogP contribution is 2.13. The van der Waals surface area contributed by atoms with Gasteiger partial charge in [-0.3, -0.25) is 4.90 Å². The zero-order chi connectivity index (χ0) is 17.9. The van der Waals surface area contributed by atoms with Crippen LogP contribution in [0.2, 0.25) is 0 Å². The fourth-order valence-corrected chi connectivity index (χ4v) is 3.66. The van der Waals surface area contributed by atoms with Crippen molar-refractivity contribution < 1.29 is 9.47 Å². The van der Waals surface area contributed by atoms with Gasteiger partial charge in [0.1, 0.15) is 5.75 Å². The van der Waals surface area contributed by atoms with Crippen LogP contribution in [0.3, 0.4) is 0 Å². The predicted octanol–water partition coefficient (Wildman–Crippen LogP) is 3.21. The molecule has 0 saturated carbocycles. The van der Waals surface area contributed by atoms with Gasteiger partial charge in [0.15, 0.2) is 0 Å². The smallest absolute Gasteiger partial charge is 0.119 e. The van der Waals surface area contributed by atoms with E-state index in [0.29, 0.717) is 0 Å². The summed E-state index contributed by atoms with van der Waals surface area (Å²) in [5.41, 5.74) is 1.31. The van der Waals surface area contributed by atoms with Gasteiger partial charge in [-0.1, -0.05) is 18.6 Å². The number of ether oxygens (including phenoxy) is 2. The van der Waals surface area contributed by atoms with E-state index in [1.165, 1.54) is 44.5 Å². The summed E-state index contributed by atoms with van der Waals surface area (Å²) in [5.74, 6) is 0.987. The zero-order valence-corrected chi connectivity index (χ0v) is 18.6. The van der Waals surface area contributed by atoms with Crippen LogP contribution >= 0.6 is 24.8 Å².